The van der Waals surface area contributed by atoms with Crippen molar-refractivity contribution in [1.29, 1.82) is 0 Å². The molecular weight excluding hydrogens is 905 g/mol. The fourth-order valence-electron chi connectivity index (χ4n) is 4.75. The summed E-state index contributed by atoms with van der Waals surface area (Å²) in [4.78, 5) is 94.7. The van der Waals surface area contributed by atoms with Gasteiger partial charge in [0, 0.05) is 6.54 Å². The van der Waals surface area contributed by atoms with Gasteiger partial charge in [-0.1, -0.05) is 11.6 Å². The van der Waals surface area contributed by atoms with E-state index in [1.165, 1.54) is 10.6 Å². The lowest BCUT2D eigenvalue weighted by Crippen LogP contribution is -2.49. The first-order valence-corrected chi connectivity index (χ1v) is 16.8. The maximum Gasteiger partial charge on any atom is 0.490 e. The number of alkyl halides is 15. The molecule has 356 valence electrons. The van der Waals surface area contributed by atoms with Crippen molar-refractivity contribution in [2.24, 2.45) is 0 Å². The molecular formula is C31H35F15N4O12. The molecule has 0 aliphatic rings. The Labute approximate surface area is 338 Å². The number of nitrogens with one attached hydrogen (secondary N) is 3. The zero-order valence-corrected chi connectivity index (χ0v) is 31.8. The Bertz CT molecular complexity index is 1630. The quantitative estimate of drug-likeness (QED) is 0.0498. The number of carbonyl (C=O) groups is 8. The molecule has 16 nitrogen and oxygen atoms in total. The summed E-state index contributed by atoms with van der Waals surface area (Å²) in [6, 6.07) is -6.73. The molecule has 31 heteroatoms. The summed E-state index contributed by atoms with van der Waals surface area (Å²) < 4.78 is 214. The minimum atomic E-state index is -5.97. The lowest BCUT2D eigenvalue weighted by molar-refractivity contribution is -0.207. The van der Waals surface area contributed by atoms with Gasteiger partial charge in [0.15, 0.2) is 0 Å². The van der Waals surface area contributed by atoms with Crippen molar-refractivity contribution >= 4 is 47.5 Å². The van der Waals surface area contributed by atoms with Crippen LogP contribution in [0.1, 0.15) is 44.9 Å². The molecule has 0 bridgehead atoms. The number of unbranched alkanes of at least 4 members (excludes halogenated alkanes) is 1. The minimum Gasteiger partial charge on any atom is -0.467 e. The largest absolute Gasteiger partial charge is 0.490 e. The second-order valence-corrected chi connectivity index (χ2v) is 12.3. The number of halogens is 15. The van der Waals surface area contributed by atoms with E-state index < -0.39 is 171 Å². The molecule has 4 amide bonds. The molecule has 0 aromatic heterocycles. The van der Waals surface area contributed by atoms with Gasteiger partial charge in [0.2, 0.25) is 0 Å². The number of allylic oxidation sites excluding steroid dienone is 1. The number of carbonyl (C=O) groups excluding carboxylic acids is 8. The van der Waals surface area contributed by atoms with E-state index in [1.807, 2.05) is 0 Å². The van der Waals surface area contributed by atoms with Gasteiger partial charge in [-0.15, -0.1) is 0 Å². The molecule has 4 atom stereocenters. The van der Waals surface area contributed by atoms with E-state index in [4.69, 9.17) is 0 Å². The highest BCUT2D eigenvalue weighted by atomic mass is 19.4. The van der Waals surface area contributed by atoms with Crippen molar-refractivity contribution in [2.45, 2.75) is 100 Å². The molecule has 62 heavy (non-hydrogen) atoms. The molecule has 0 aromatic rings. The number of hydrogen-bond donors (Lipinski definition) is 3. The summed E-state index contributed by atoms with van der Waals surface area (Å²) in [6.07, 6.45) is -37.1. The summed E-state index contributed by atoms with van der Waals surface area (Å²) in [5.41, 5.74) is -0.613. The predicted octanol–water partition coefficient (Wildman–Crippen LogP) is 3.17. The number of ether oxygens (including phenoxy) is 4. The fourth-order valence-corrected chi connectivity index (χ4v) is 4.75. The van der Waals surface area contributed by atoms with Crippen LogP contribution in [0, 0.1) is 0 Å². The Kier molecular flexibility index (Phi) is 21.5. The normalized spacial score (nSPS) is 14.6. The minimum absolute atomic E-state index is 0.413. The standard InChI is InChI=1S/C31H35F15N4O12/c1-59-19(51)16(47-22(54)27(32,33)34)7-5-4-6-14(8-10-17(20(52)60-2)48-23(55)28(35,36)37)12-50(25(57)30(41,42)43)13-15(62-26(58)31(44,45)46)9-11-18(21(53)61-3)49-24(56)29(38,39)40/h6,15-18H,4-5,7-13H2,1-3H3,(H,47,54)(H,48,55)(H,49,56). The highest BCUT2D eigenvalue weighted by Gasteiger charge is 2.47. The van der Waals surface area contributed by atoms with Crippen LogP contribution in [0.3, 0.4) is 0 Å². The number of methoxy groups -OCH3 is 3. The summed E-state index contributed by atoms with van der Waals surface area (Å²) in [7, 11) is 1.87. The molecule has 4 unspecified atom stereocenters. The number of amides is 4. The van der Waals surface area contributed by atoms with Gasteiger partial charge in [0.25, 0.3) is 0 Å². The van der Waals surface area contributed by atoms with E-state index in [1.54, 1.807) is 0 Å². The topological polar surface area (TPSA) is 213 Å². The van der Waals surface area contributed by atoms with Gasteiger partial charge in [0.1, 0.15) is 24.2 Å². The van der Waals surface area contributed by atoms with Gasteiger partial charge in [-0.3, -0.25) is 19.2 Å². The summed E-state index contributed by atoms with van der Waals surface area (Å²) in [6.45, 7) is -3.30. The number of rotatable bonds is 21. The molecule has 0 aromatic carbocycles. The molecule has 0 heterocycles. The van der Waals surface area contributed by atoms with Crippen molar-refractivity contribution < 1.29 is 123 Å². The molecule has 0 saturated carbocycles. The SMILES string of the molecule is COC(=O)C(CCCC=C(CCC(NC(=O)C(F)(F)F)C(=O)OC)CN(CC(CCC(NC(=O)C(F)(F)F)C(=O)OC)OC(=O)C(F)(F)F)C(=O)C(F)(F)F)NC(=O)C(F)(F)F. The number of hydrogen-bond acceptors (Lipinski definition) is 12. The van der Waals surface area contributed by atoms with E-state index in [0.717, 1.165) is 11.4 Å². The molecule has 0 saturated heterocycles. The van der Waals surface area contributed by atoms with E-state index in [0.29, 0.717) is 21.3 Å². The van der Waals surface area contributed by atoms with Crippen molar-refractivity contribution in [3.63, 3.8) is 0 Å². The Morgan fingerprint density at radius 2 is 0.919 bits per heavy atom. The third-order valence-corrected chi connectivity index (χ3v) is 7.66. The van der Waals surface area contributed by atoms with Crippen LogP contribution in [-0.4, -0.2) is 142 Å². The molecule has 0 radical (unpaired) electrons. The second kappa shape index (κ2) is 23.6. The van der Waals surface area contributed by atoms with Gasteiger partial charge < -0.3 is 39.8 Å². The van der Waals surface area contributed by atoms with Crippen LogP contribution in [0.5, 0.6) is 0 Å². The summed E-state index contributed by atoms with van der Waals surface area (Å²) in [5, 5.41) is 3.60. The predicted molar refractivity (Wildman–Crippen MR) is 169 cm³/mol. The van der Waals surface area contributed by atoms with E-state index >= 15 is 0 Å². The van der Waals surface area contributed by atoms with Crippen molar-refractivity contribution in [2.75, 3.05) is 34.4 Å². The van der Waals surface area contributed by atoms with Gasteiger partial charge in [-0.25, -0.2) is 19.2 Å². The van der Waals surface area contributed by atoms with E-state index in [-0.39, 0.29) is 0 Å². The highest BCUT2D eigenvalue weighted by Crippen LogP contribution is 2.26. The monoisotopic (exact) mass is 940 g/mol. The van der Waals surface area contributed by atoms with Crippen molar-refractivity contribution in [3.8, 4) is 0 Å². The first-order chi connectivity index (χ1) is 28.1. The maximum atomic E-state index is 13.9. The van der Waals surface area contributed by atoms with Crippen LogP contribution in [0.15, 0.2) is 11.6 Å². The van der Waals surface area contributed by atoms with Crippen LogP contribution < -0.4 is 16.0 Å². The fraction of sp³-hybridized carbons (Fsp3) is 0.677. The lowest BCUT2D eigenvalue weighted by Gasteiger charge is -2.30. The first kappa shape index (κ1) is 56.5. The van der Waals surface area contributed by atoms with Crippen LogP contribution in [-0.2, 0) is 57.3 Å². The Morgan fingerprint density at radius 3 is 1.27 bits per heavy atom. The van der Waals surface area contributed by atoms with Crippen LogP contribution >= 0.6 is 0 Å². The smallest absolute Gasteiger partial charge is 0.467 e. The van der Waals surface area contributed by atoms with Crippen molar-refractivity contribution in [1.82, 2.24) is 20.9 Å². The summed E-state index contributed by atoms with van der Waals surface area (Å²) in [5.74, 6) is -19.1. The zero-order valence-electron chi connectivity index (χ0n) is 31.8. The van der Waals surface area contributed by atoms with Crippen LogP contribution in [0.25, 0.3) is 0 Å². The lowest BCUT2D eigenvalue weighted by atomic mass is 10.0. The second-order valence-electron chi connectivity index (χ2n) is 12.3. The van der Waals surface area contributed by atoms with E-state index in [2.05, 4.69) is 18.9 Å². The number of nitrogens with zero attached hydrogens (tertiary/aromatic N) is 1. The third-order valence-electron chi connectivity index (χ3n) is 7.66. The molecule has 0 aliphatic heterocycles. The van der Waals surface area contributed by atoms with Crippen LogP contribution in [0.4, 0.5) is 65.9 Å². The van der Waals surface area contributed by atoms with Gasteiger partial charge in [-0.05, 0) is 44.9 Å². The van der Waals surface area contributed by atoms with Gasteiger partial charge in [0.05, 0.1) is 27.9 Å². The molecule has 3 N–H and O–H groups in total. The molecule has 0 rings (SSSR count). The summed E-state index contributed by atoms with van der Waals surface area (Å²) >= 11 is 0. The Morgan fingerprint density at radius 1 is 0.532 bits per heavy atom. The Hall–Kier alpha value is -5.55. The number of esters is 4. The maximum absolute atomic E-state index is 13.9. The molecule has 0 spiro atoms. The Balaban J connectivity index is 7.18. The third kappa shape index (κ3) is 20.3. The van der Waals surface area contributed by atoms with E-state index in [9.17, 15) is 104 Å². The highest BCUT2D eigenvalue weighted by molar-refractivity contribution is 5.89. The molecule has 0 aliphatic carbocycles. The average Bonchev–Trinajstić information content (AvgIpc) is 3.14. The first-order valence-electron chi connectivity index (χ1n) is 16.8. The zero-order chi connectivity index (χ0) is 48.6. The van der Waals surface area contributed by atoms with Crippen LogP contribution in [0.2, 0.25) is 0 Å². The molecule has 0 fully saturated rings. The average molecular weight is 941 g/mol. The van der Waals surface area contributed by atoms with Gasteiger partial charge >= 0.3 is 78.4 Å². The van der Waals surface area contributed by atoms with Gasteiger partial charge in [-0.2, -0.15) is 65.9 Å². The van der Waals surface area contributed by atoms with Crippen molar-refractivity contribution in [3.05, 3.63) is 11.6 Å².